The zero-order valence-electron chi connectivity index (χ0n) is 24.5. The molecule has 1 aromatic heterocycles. The zero-order valence-corrected chi connectivity index (χ0v) is 24.5. The third-order valence-electron chi connectivity index (χ3n) is 6.94. The molecule has 9 nitrogen and oxygen atoms in total. The summed E-state index contributed by atoms with van der Waals surface area (Å²) >= 11 is 0. The van der Waals surface area contributed by atoms with Crippen molar-refractivity contribution in [2.24, 2.45) is 0 Å². The Morgan fingerprint density at radius 1 is 1.07 bits per heavy atom. The van der Waals surface area contributed by atoms with Gasteiger partial charge in [-0.3, -0.25) is 4.57 Å². The van der Waals surface area contributed by atoms with Crippen LogP contribution < -0.4 is 10.2 Å². The lowest BCUT2D eigenvalue weighted by Crippen LogP contribution is -2.43. The number of piperidine rings is 1. The second kappa shape index (κ2) is 12.2. The largest absolute Gasteiger partial charge is 0.495 e. The zero-order chi connectivity index (χ0) is 30.8. The average Bonchev–Trinajstić information content (AvgIpc) is 3.38. The third-order valence-corrected chi connectivity index (χ3v) is 6.94. The number of ether oxygens (including phenoxy) is 4. The maximum Gasteiger partial charge on any atom is 0.419 e. The van der Waals surface area contributed by atoms with Gasteiger partial charge in [-0.25, -0.2) is 14.6 Å². The number of carbonyl (C=O) groups excluding carboxylic acids is 2. The Labute approximate surface area is 242 Å². The Kier molecular flexibility index (Phi) is 9.07. The highest BCUT2D eigenvalue weighted by atomic mass is 19.4. The number of halogens is 3. The number of alkyl halides is 3. The summed E-state index contributed by atoms with van der Waals surface area (Å²) in [7, 11) is 2.83. The topological polar surface area (TPSA) is 91.3 Å². The van der Waals surface area contributed by atoms with E-state index < -0.39 is 42.6 Å². The van der Waals surface area contributed by atoms with Crippen LogP contribution >= 0.6 is 0 Å². The quantitative estimate of drug-likeness (QED) is 0.306. The van der Waals surface area contributed by atoms with E-state index in [1.165, 1.54) is 18.8 Å². The van der Waals surface area contributed by atoms with Crippen LogP contribution in [0.1, 0.15) is 61.1 Å². The van der Waals surface area contributed by atoms with Gasteiger partial charge in [0.1, 0.15) is 23.6 Å². The van der Waals surface area contributed by atoms with Gasteiger partial charge in [0.2, 0.25) is 0 Å². The SMILES string of the molecule is COC(=O)c1ccc([C@@H]2C[C@H](OCC(F)(F)F)CCN2Nc2c(OC)cc(C)c3c2ccn3C(=O)OC(C)(C)C)cc1. The fraction of sp³-hybridized carbons (Fsp3) is 0.467. The molecule has 1 N–H and O–H groups in total. The Bertz CT molecular complexity index is 1430. The number of aryl methyl sites for hydroxylation is 1. The first kappa shape index (κ1) is 31.2. The molecule has 1 aliphatic heterocycles. The first-order valence-electron chi connectivity index (χ1n) is 13.5. The van der Waals surface area contributed by atoms with Crippen molar-refractivity contribution in [3.63, 3.8) is 0 Å². The molecule has 0 spiro atoms. The molecule has 12 heteroatoms. The second-order valence-electron chi connectivity index (χ2n) is 11.2. The van der Waals surface area contributed by atoms with Gasteiger partial charge in [-0.15, -0.1) is 0 Å². The molecule has 3 aromatic rings. The minimum Gasteiger partial charge on any atom is -0.495 e. The molecule has 228 valence electrons. The summed E-state index contributed by atoms with van der Waals surface area (Å²) in [5.74, 6) is 0.0324. The molecule has 4 rings (SSSR count). The van der Waals surface area contributed by atoms with Crippen molar-refractivity contribution in [1.82, 2.24) is 9.58 Å². The van der Waals surface area contributed by atoms with Crippen molar-refractivity contribution in [3.05, 3.63) is 59.3 Å². The van der Waals surface area contributed by atoms with E-state index in [0.29, 0.717) is 40.9 Å². The smallest absolute Gasteiger partial charge is 0.419 e. The molecular formula is C30H36F3N3O6. The van der Waals surface area contributed by atoms with E-state index in [9.17, 15) is 22.8 Å². The molecule has 0 amide bonds. The van der Waals surface area contributed by atoms with E-state index in [-0.39, 0.29) is 6.42 Å². The van der Waals surface area contributed by atoms with Crippen molar-refractivity contribution >= 4 is 28.7 Å². The van der Waals surface area contributed by atoms with Crippen molar-refractivity contribution in [3.8, 4) is 5.75 Å². The summed E-state index contributed by atoms with van der Waals surface area (Å²) in [4.78, 5) is 25.0. The van der Waals surface area contributed by atoms with Gasteiger partial charge in [0.15, 0.2) is 0 Å². The highest BCUT2D eigenvalue weighted by Crippen LogP contribution is 2.40. The second-order valence-corrected chi connectivity index (χ2v) is 11.2. The first-order chi connectivity index (χ1) is 19.7. The van der Waals surface area contributed by atoms with Gasteiger partial charge in [-0.2, -0.15) is 13.2 Å². The van der Waals surface area contributed by atoms with Crippen LogP contribution in [0.5, 0.6) is 5.75 Å². The standard InChI is InChI=1S/C30H36F3N3O6/c1-18-15-24(39-5)25(22-12-13-35(26(18)22)28(38)42-29(2,3)4)34-36-14-11-21(41-17-30(31,32)33)16-23(36)19-7-9-20(10-8-19)27(37)40-6/h7-10,12-13,15,21,23,34H,11,14,16-17H2,1-6H3/t21-,23+/m1/s1. The van der Waals surface area contributed by atoms with Crippen LogP contribution in [0, 0.1) is 6.92 Å². The monoisotopic (exact) mass is 591 g/mol. The van der Waals surface area contributed by atoms with Gasteiger partial charge in [0, 0.05) is 18.1 Å². The fourth-order valence-electron chi connectivity index (χ4n) is 5.10. The number of hydrogen-bond acceptors (Lipinski definition) is 8. The summed E-state index contributed by atoms with van der Waals surface area (Å²) in [6.45, 7) is 6.25. The van der Waals surface area contributed by atoms with Crippen LogP contribution in [0.2, 0.25) is 0 Å². The molecule has 0 unspecified atom stereocenters. The van der Waals surface area contributed by atoms with Gasteiger partial charge in [0.25, 0.3) is 0 Å². The maximum absolute atomic E-state index is 13.0. The van der Waals surface area contributed by atoms with Crippen LogP contribution in [-0.2, 0) is 14.2 Å². The molecule has 0 saturated carbocycles. The van der Waals surface area contributed by atoms with E-state index in [1.807, 2.05) is 18.0 Å². The predicted molar refractivity (Wildman–Crippen MR) is 151 cm³/mol. The van der Waals surface area contributed by atoms with Gasteiger partial charge in [-0.05, 0) is 75.9 Å². The molecule has 0 bridgehead atoms. The molecule has 1 fully saturated rings. The molecule has 2 atom stereocenters. The maximum atomic E-state index is 13.0. The number of methoxy groups -OCH3 is 2. The van der Waals surface area contributed by atoms with E-state index in [2.05, 4.69) is 5.43 Å². The number of rotatable bonds is 7. The lowest BCUT2D eigenvalue weighted by atomic mass is 9.94. The summed E-state index contributed by atoms with van der Waals surface area (Å²) in [6.07, 6.45) is -3.36. The molecule has 0 aliphatic carbocycles. The van der Waals surface area contributed by atoms with Crippen molar-refractivity contribution in [2.45, 2.75) is 64.5 Å². The van der Waals surface area contributed by atoms with Gasteiger partial charge >= 0.3 is 18.2 Å². The number of fused-ring (bicyclic) bond motifs is 1. The number of anilines is 1. The molecule has 1 saturated heterocycles. The van der Waals surface area contributed by atoms with Crippen molar-refractivity contribution in [2.75, 3.05) is 32.8 Å². The van der Waals surface area contributed by atoms with Crippen LogP contribution in [0.25, 0.3) is 10.9 Å². The predicted octanol–water partition coefficient (Wildman–Crippen LogP) is 6.64. The van der Waals surface area contributed by atoms with E-state index in [4.69, 9.17) is 18.9 Å². The highest BCUT2D eigenvalue weighted by molar-refractivity contribution is 6.01. The summed E-state index contributed by atoms with van der Waals surface area (Å²) in [5, 5.41) is 2.62. The molecular weight excluding hydrogens is 555 g/mol. The van der Waals surface area contributed by atoms with E-state index >= 15 is 0 Å². The van der Waals surface area contributed by atoms with E-state index in [1.54, 1.807) is 57.3 Å². The number of aromatic nitrogens is 1. The minimum absolute atomic E-state index is 0.261. The molecule has 2 aromatic carbocycles. The Balaban J connectivity index is 1.71. The normalized spacial score (nSPS) is 18.1. The molecule has 42 heavy (non-hydrogen) atoms. The van der Waals surface area contributed by atoms with Crippen LogP contribution in [0.4, 0.5) is 23.7 Å². The number of esters is 1. The van der Waals surface area contributed by atoms with Crippen LogP contribution in [0.3, 0.4) is 0 Å². The lowest BCUT2D eigenvalue weighted by molar-refractivity contribution is -0.190. The number of nitrogens with one attached hydrogen (secondary N) is 1. The minimum atomic E-state index is -4.44. The number of carbonyl (C=O) groups is 2. The molecule has 0 radical (unpaired) electrons. The number of hydrogen-bond donors (Lipinski definition) is 1. The van der Waals surface area contributed by atoms with Gasteiger partial charge in [-0.1, -0.05) is 12.1 Å². The fourth-order valence-corrected chi connectivity index (χ4v) is 5.10. The van der Waals surface area contributed by atoms with E-state index in [0.717, 1.165) is 11.1 Å². The van der Waals surface area contributed by atoms with Crippen molar-refractivity contribution in [1.29, 1.82) is 0 Å². The summed E-state index contributed by atoms with van der Waals surface area (Å²) in [6, 6.07) is 9.91. The number of nitrogens with zero attached hydrogens (tertiary/aromatic N) is 2. The number of benzene rings is 2. The van der Waals surface area contributed by atoms with Gasteiger partial charge < -0.3 is 24.4 Å². The Hall–Kier alpha value is -3.77. The third kappa shape index (κ3) is 7.16. The summed E-state index contributed by atoms with van der Waals surface area (Å²) < 4.78 is 61.5. The summed E-state index contributed by atoms with van der Waals surface area (Å²) in [5.41, 5.74) is 5.88. The average molecular weight is 592 g/mol. The van der Waals surface area contributed by atoms with Crippen LogP contribution in [-0.4, -0.2) is 66.9 Å². The van der Waals surface area contributed by atoms with Crippen molar-refractivity contribution < 1.29 is 41.7 Å². The first-order valence-corrected chi connectivity index (χ1v) is 13.5. The Morgan fingerprint density at radius 3 is 2.36 bits per heavy atom. The Morgan fingerprint density at radius 2 is 1.76 bits per heavy atom. The van der Waals surface area contributed by atoms with Gasteiger partial charge in [0.05, 0.1) is 37.4 Å². The van der Waals surface area contributed by atoms with Crippen LogP contribution in [0.15, 0.2) is 42.6 Å². The molecule has 2 heterocycles. The highest BCUT2D eigenvalue weighted by Gasteiger charge is 2.35. The number of hydrazine groups is 1. The lowest BCUT2D eigenvalue weighted by Gasteiger charge is -2.40. The molecule has 1 aliphatic rings.